The molecule has 0 saturated heterocycles. The van der Waals surface area contributed by atoms with Gasteiger partial charge < -0.3 is 4.57 Å². The highest BCUT2D eigenvalue weighted by Gasteiger charge is 2.21. The summed E-state index contributed by atoms with van der Waals surface area (Å²) in [6, 6.07) is 17.8. The Morgan fingerprint density at radius 3 is 2.54 bits per heavy atom. The van der Waals surface area contributed by atoms with E-state index in [1.807, 2.05) is 0 Å². The monoisotopic (exact) mass is 335 g/mol. The van der Waals surface area contributed by atoms with Crippen LogP contribution in [0.4, 0.5) is 0 Å². The van der Waals surface area contributed by atoms with E-state index in [-0.39, 0.29) is 0 Å². The fourth-order valence-electron chi connectivity index (χ4n) is 4.28. The number of allylic oxidation sites excluding steroid dienone is 5. The van der Waals surface area contributed by atoms with Crippen molar-refractivity contribution in [1.29, 1.82) is 0 Å². The lowest BCUT2D eigenvalue weighted by Gasteiger charge is -2.19. The fraction of sp³-hybridized carbons (Fsp3) is 0.167. The Morgan fingerprint density at radius 1 is 0.885 bits per heavy atom. The first-order chi connectivity index (χ1) is 12.8. The first-order valence-electron chi connectivity index (χ1n) is 9.58. The molecule has 0 unspecified atom stereocenters. The Morgan fingerprint density at radius 2 is 1.73 bits per heavy atom. The standard InChI is InChI=1S/C24H22BN/c25-19-13-10-17(11-14-19)18-12-15-24-22(16-18)21-8-4-5-9-23(21)26(24)20-6-2-1-3-7-20/h2,4-11,13-14,16H,1,3,12,15,25H2. The van der Waals surface area contributed by atoms with Crippen molar-refractivity contribution in [3.05, 3.63) is 83.6 Å². The summed E-state index contributed by atoms with van der Waals surface area (Å²) in [6.07, 6.45) is 13.9. The molecule has 0 radical (unpaired) electrons. The molecule has 0 saturated carbocycles. The van der Waals surface area contributed by atoms with Crippen LogP contribution in [0, 0.1) is 0 Å². The zero-order valence-corrected chi connectivity index (χ0v) is 15.2. The van der Waals surface area contributed by atoms with Crippen LogP contribution >= 0.6 is 0 Å². The summed E-state index contributed by atoms with van der Waals surface area (Å²) in [5, 5.41) is 1.37. The summed E-state index contributed by atoms with van der Waals surface area (Å²) in [6.45, 7) is 0. The second-order valence-electron chi connectivity index (χ2n) is 7.36. The third kappa shape index (κ3) is 2.49. The van der Waals surface area contributed by atoms with Gasteiger partial charge in [0.05, 0.1) is 5.52 Å². The topological polar surface area (TPSA) is 4.93 Å². The molecule has 0 spiro atoms. The fourth-order valence-corrected chi connectivity index (χ4v) is 4.28. The lowest BCUT2D eigenvalue weighted by atomic mass is 9.88. The van der Waals surface area contributed by atoms with Crippen LogP contribution in [0.2, 0.25) is 0 Å². The smallest absolute Gasteiger partial charge is 0.139 e. The van der Waals surface area contributed by atoms with E-state index in [2.05, 4.69) is 85.2 Å². The molecular formula is C24H22BN. The quantitative estimate of drug-likeness (QED) is 0.604. The lowest BCUT2D eigenvalue weighted by Crippen LogP contribution is -2.07. The maximum absolute atomic E-state index is 2.49. The summed E-state index contributed by atoms with van der Waals surface area (Å²) < 4.78 is 2.49. The van der Waals surface area contributed by atoms with Crippen molar-refractivity contribution in [1.82, 2.24) is 4.57 Å². The van der Waals surface area contributed by atoms with Crippen LogP contribution in [0.3, 0.4) is 0 Å². The van der Waals surface area contributed by atoms with E-state index in [1.165, 1.54) is 44.5 Å². The van der Waals surface area contributed by atoms with Gasteiger partial charge in [0.25, 0.3) is 0 Å². The molecular weight excluding hydrogens is 313 g/mol. The van der Waals surface area contributed by atoms with E-state index >= 15 is 0 Å². The third-order valence-electron chi connectivity index (χ3n) is 5.62. The van der Waals surface area contributed by atoms with Gasteiger partial charge in [0, 0.05) is 22.3 Å². The molecule has 1 nitrogen and oxygen atoms in total. The van der Waals surface area contributed by atoms with Gasteiger partial charge in [0.2, 0.25) is 0 Å². The van der Waals surface area contributed by atoms with Crippen molar-refractivity contribution >= 4 is 41.6 Å². The number of hydrogen-bond donors (Lipinski definition) is 0. The van der Waals surface area contributed by atoms with E-state index in [4.69, 9.17) is 0 Å². The Balaban J connectivity index is 1.71. The number of para-hydroxylation sites is 1. The maximum Gasteiger partial charge on any atom is 0.139 e. The zero-order chi connectivity index (χ0) is 17.5. The SMILES string of the molecule is Bc1ccc(C2=Cc3c(n(C4=CCCC=C4)c4ccccc34)CC2)cc1. The highest BCUT2D eigenvalue weighted by molar-refractivity contribution is 6.32. The number of benzene rings is 2. The highest BCUT2D eigenvalue weighted by Crippen LogP contribution is 2.38. The molecule has 2 aromatic carbocycles. The summed E-state index contributed by atoms with van der Waals surface area (Å²) in [5.74, 6) is 0. The average Bonchev–Trinajstić information content (AvgIpc) is 3.03. The normalized spacial score (nSPS) is 16.3. The number of nitrogens with zero attached hydrogens (tertiary/aromatic N) is 1. The minimum atomic E-state index is 1.09. The van der Waals surface area contributed by atoms with Crippen LogP contribution in [0.25, 0.3) is 28.2 Å². The van der Waals surface area contributed by atoms with Crippen molar-refractivity contribution < 1.29 is 0 Å². The molecule has 0 amide bonds. The molecule has 3 aromatic rings. The van der Waals surface area contributed by atoms with E-state index in [0.29, 0.717) is 0 Å². The van der Waals surface area contributed by atoms with Crippen molar-refractivity contribution in [2.75, 3.05) is 0 Å². The second-order valence-corrected chi connectivity index (χ2v) is 7.36. The molecule has 5 rings (SSSR count). The molecule has 1 heterocycles. The average molecular weight is 335 g/mol. The predicted octanol–water partition coefficient (Wildman–Crippen LogP) is 4.58. The van der Waals surface area contributed by atoms with Gasteiger partial charge in [-0.1, -0.05) is 60.1 Å². The molecule has 2 heteroatoms. The molecule has 0 bridgehead atoms. The van der Waals surface area contributed by atoms with E-state index in [1.54, 1.807) is 0 Å². The molecule has 1 aromatic heterocycles. The zero-order valence-electron chi connectivity index (χ0n) is 15.2. The Hall–Kier alpha value is -2.74. The highest BCUT2D eigenvalue weighted by atomic mass is 15.0. The molecule has 2 aliphatic rings. The van der Waals surface area contributed by atoms with Gasteiger partial charge in [0.15, 0.2) is 0 Å². The number of fused-ring (bicyclic) bond motifs is 3. The minimum Gasteiger partial charge on any atom is -0.313 e. The lowest BCUT2D eigenvalue weighted by molar-refractivity contribution is 0.901. The van der Waals surface area contributed by atoms with Crippen molar-refractivity contribution in [2.45, 2.75) is 25.7 Å². The first kappa shape index (κ1) is 15.5. The molecule has 126 valence electrons. The van der Waals surface area contributed by atoms with Crippen LogP contribution < -0.4 is 5.46 Å². The molecule has 0 aliphatic heterocycles. The molecule has 26 heavy (non-hydrogen) atoms. The number of rotatable bonds is 2. The summed E-state index contributed by atoms with van der Waals surface area (Å²) >= 11 is 0. The number of hydrogen-bond acceptors (Lipinski definition) is 0. The third-order valence-corrected chi connectivity index (χ3v) is 5.62. The van der Waals surface area contributed by atoms with Crippen molar-refractivity contribution in [2.24, 2.45) is 0 Å². The molecule has 2 aliphatic carbocycles. The summed E-state index contributed by atoms with van der Waals surface area (Å²) in [4.78, 5) is 0. The van der Waals surface area contributed by atoms with E-state index < -0.39 is 0 Å². The van der Waals surface area contributed by atoms with E-state index in [0.717, 1.165) is 25.7 Å². The van der Waals surface area contributed by atoms with Crippen LogP contribution in [0.1, 0.15) is 36.1 Å². The van der Waals surface area contributed by atoms with Gasteiger partial charge in [-0.3, -0.25) is 0 Å². The van der Waals surface area contributed by atoms with Crippen LogP contribution in [0.5, 0.6) is 0 Å². The predicted molar refractivity (Wildman–Crippen MR) is 115 cm³/mol. The maximum atomic E-state index is 2.49. The molecule has 0 fully saturated rings. The van der Waals surface area contributed by atoms with Crippen molar-refractivity contribution in [3.8, 4) is 0 Å². The molecule has 0 atom stereocenters. The minimum absolute atomic E-state index is 1.09. The van der Waals surface area contributed by atoms with Crippen LogP contribution in [0.15, 0.2) is 66.8 Å². The van der Waals surface area contributed by atoms with E-state index in [9.17, 15) is 0 Å². The van der Waals surface area contributed by atoms with Gasteiger partial charge in [-0.15, -0.1) is 0 Å². The second kappa shape index (κ2) is 6.21. The summed E-state index contributed by atoms with van der Waals surface area (Å²) in [7, 11) is 2.15. The molecule has 0 N–H and O–H groups in total. The Labute approximate surface area is 155 Å². The van der Waals surface area contributed by atoms with Gasteiger partial charge in [-0.2, -0.15) is 0 Å². The van der Waals surface area contributed by atoms with Crippen molar-refractivity contribution in [3.63, 3.8) is 0 Å². The van der Waals surface area contributed by atoms with Gasteiger partial charge in [0.1, 0.15) is 7.85 Å². The number of aromatic nitrogens is 1. The Kier molecular flexibility index (Phi) is 3.71. The van der Waals surface area contributed by atoms with Gasteiger partial charge in [-0.05, 0) is 55.0 Å². The largest absolute Gasteiger partial charge is 0.313 e. The van der Waals surface area contributed by atoms with Gasteiger partial charge in [-0.25, -0.2) is 0 Å². The Bertz CT molecular complexity index is 1080. The van der Waals surface area contributed by atoms with Gasteiger partial charge >= 0.3 is 0 Å². The van der Waals surface area contributed by atoms with Crippen LogP contribution in [-0.4, -0.2) is 12.4 Å². The van der Waals surface area contributed by atoms with Crippen LogP contribution in [-0.2, 0) is 6.42 Å². The first-order valence-corrected chi connectivity index (χ1v) is 9.58. The summed E-state index contributed by atoms with van der Waals surface area (Å²) in [5.41, 5.74) is 9.65.